The summed E-state index contributed by atoms with van der Waals surface area (Å²) in [6, 6.07) is 7.21. The first kappa shape index (κ1) is 11.5. The topological polar surface area (TPSA) is 37.4 Å². The lowest BCUT2D eigenvalue weighted by molar-refractivity contribution is -0.120. The van der Waals surface area contributed by atoms with Crippen LogP contribution in [0.15, 0.2) is 33.2 Å². The standard InChI is InChI=1S/C11H7Br2NO2/c1-6-2-4-7(5-3-6)14-10(15)8(12)9(13)11(14)16/h2-5H,1H3. The molecule has 1 heterocycles. The molecule has 82 valence electrons. The summed E-state index contributed by atoms with van der Waals surface area (Å²) in [6.07, 6.45) is 0. The molecule has 5 heteroatoms. The van der Waals surface area contributed by atoms with Crippen LogP contribution in [0.2, 0.25) is 0 Å². The van der Waals surface area contributed by atoms with Crippen molar-refractivity contribution in [1.82, 2.24) is 0 Å². The molecule has 0 atom stereocenters. The Morgan fingerprint density at radius 2 is 1.38 bits per heavy atom. The maximum Gasteiger partial charge on any atom is 0.273 e. The third-order valence-electron chi connectivity index (χ3n) is 2.27. The van der Waals surface area contributed by atoms with Gasteiger partial charge >= 0.3 is 0 Å². The number of benzene rings is 1. The third-order valence-corrected chi connectivity index (χ3v) is 4.27. The number of hydrogen-bond acceptors (Lipinski definition) is 2. The fourth-order valence-electron chi connectivity index (χ4n) is 1.40. The Balaban J connectivity index is 2.42. The fourth-order valence-corrected chi connectivity index (χ4v) is 2.10. The first-order valence-corrected chi connectivity index (χ1v) is 6.11. The van der Waals surface area contributed by atoms with E-state index in [-0.39, 0.29) is 20.8 Å². The molecular formula is C11H7Br2NO2. The molecule has 1 aromatic carbocycles. The second-order valence-corrected chi connectivity index (χ2v) is 5.00. The van der Waals surface area contributed by atoms with Gasteiger partial charge in [0, 0.05) is 0 Å². The first-order valence-electron chi connectivity index (χ1n) is 4.53. The molecule has 0 aromatic heterocycles. The normalized spacial score (nSPS) is 16.3. The molecule has 16 heavy (non-hydrogen) atoms. The quantitative estimate of drug-likeness (QED) is 0.734. The van der Waals surface area contributed by atoms with E-state index >= 15 is 0 Å². The van der Waals surface area contributed by atoms with Gasteiger partial charge in [-0.05, 0) is 50.9 Å². The molecule has 1 aliphatic rings. The lowest BCUT2D eigenvalue weighted by Crippen LogP contribution is -2.30. The molecule has 0 spiro atoms. The van der Waals surface area contributed by atoms with Crippen LogP contribution >= 0.6 is 31.9 Å². The summed E-state index contributed by atoms with van der Waals surface area (Å²) in [7, 11) is 0. The van der Waals surface area contributed by atoms with Crippen LogP contribution in [0.4, 0.5) is 5.69 Å². The number of nitrogens with zero attached hydrogens (tertiary/aromatic N) is 1. The van der Waals surface area contributed by atoms with Crippen LogP contribution in [0, 0.1) is 6.92 Å². The lowest BCUT2D eigenvalue weighted by Gasteiger charge is -2.14. The van der Waals surface area contributed by atoms with Crippen molar-refractivity contribution in [3.8, 4) is 0 Å². The van der Waals surface area contributed by atoms with E-state index in [2.05, 4.69) is 31.9 Å². The van der Waals surface area contributed by atoms with Crippen molar-refractivity contribution in [1.29, 1.82) is 0 Å². The summed E-state index contributed by atoms with van der Waals surface area (Å²) in [6.45, 7) is 1.95. The van der Waals surface area contributed by atoms with Gasteiger partial charge in [0.25, 0.3) is 11.8 Å². The summed E-state index contributed by atoms with van der Waals surface area (Å²) in [5, 5.41) is 0. The van der Waals surface area contributed by atoms with Crippen molar-refractivity contribution >= 4 is 49.4 Å². The van der Waals surface area contributed by atoms with Crippen LogP contribution < -0.4 is 4.90 Å². The van der Waals surface area contributed by atoms with E-state index in [1.54, 1.807) is 12.1 Å². The number of anilines is 1. The Morgan fingerprint density at radius 1 is 0.938 bits per heavy atom. The summed E-state index contributed by atoms with van der Waals surface area (Å²) in [5.41, 5.74) is 1.65. The maximum absolute atomic E-state index is 11.8. The average Bonchev–Trinajstić information content (AvgIpc) is 2.46. The maximum atomic E-state index is 11.8. The largest absolute Gasteiger partial charge is 0.273 e. The van der Waals surface area contributed by atoms with Gasteiger partial charge in [-0.1, -0.05) is 17.7 Å². The highest BCUT2D eigenvalue weighted by Crippen LogP contribution is 2.32. The van der Waals surface area contributed by atoms with Crippen molar-refractivity contribution in [3.63, 3.8) is 0 Å². The van der Waals surface area contributed by atoms with E-state index in [1.165, 1.54) is 0 Å². The molecule has 3 nitrogen and oxygen atoms in total. The zero-order valence-electron chi connectivity index (χ0n) is 8.33. The van der Waals surface area contributed by atoms with Gasteiger partial charge in [-0.15, -0.1) is 0 Å². The Bertz CT molecular complexity index is 481. The molecule has 0 radical (unpaired) electrons. The Morgan fingerprint density at radius 3 is 1.81 bits per heavy atom. The Hall–Kier alpha value is -0.940. The van der Waals surface area contributed by atoms with E-state index in [1.807, 2.05) is 19.1 Å². The van der Waals surface area contributed by atoms with Gasteiger partial charge in [-0.3, -0.25) is 9.59 Å². The number of imide groups is 1. The van der Waals surface area contributed by atoms with Gasteiger partial charge in [-0.2, -0.15) is 0 Å². The zero-order valence-corrected chi connectivity index (χ0v) is 11.5. The van der Waals surface area contributed by atoms with Gasteiger partial charge in [0.1, 0.15) is 8.96 Å². The molecule has 0 unspecified atom stereocenters. The molecule has 0 saturated carbocycles. The number of halogens is 2. The minimum Gasteiger partial charge on any atom is -0.268 e. The highest BCUT2D eigenvalue weighted by Gasteiger charge is 2.36. The molecule has 0 saturated heterocycles. The van der Waals surface area contributed by atoms with Gasteiger partial charge < -0.3 is 0 Å². The smallest absolute Gasteiger partial charge is 0.268 e. The predicted molar refractivity (Wildman–Crippen MR) is 68.6 cm³/mol. The van der Waals surface area contributed by atoms with Crippen LogP contribution in [0.5, 0.6) is 0 Å². The zero-order chi connectivity index (χ0) is 11.9. The average molecular weight is 345 g/mol. The number of carbonyl (C=O) groups is 2. The minimum atomic E-state index is -0.347. The van der Waals surface area contributed by atoms with Gasteiger partial charge in [0.05, 0.1) is 5.69 Å². The van der Waals surface area contributed by atoms with Crippen molar-refractivity contribution < 1.29 is 9.59 Å². The number of aryl methyl sites for hydroxylation is 1. The molecular weight excluding hydrogens is 338 g/mol. The highest BCUT2D eigenvalue weighted by atomic mass is 79.9. The molecule has 0 N–H and O–H groups in total. The second-order valence-electron chi connectivity index (χ2n) is 3.41. The van der Waals surface area contributed by atoms with E-state index in [4.69, 9.17) is 0 Å². The first-order chi connectivity index (χ1) is 7.52. The second kappa shape index (κ2) is 4.14. The molecule has 0 bridgehead atoms. The summed E-state index contributed by atoms with van der Waals surface area (Å²) >= 11 is 6.16. The third kappa shape index (κ3) is 1.74. The number of carbonyl (C=O) groups excluding carboxylic acids is 2. The molecule has 1 aliphatic heterocycles. The lowest BCUT2D eigenvalue weighted by atomic mass is 10.2. The van der Waals surface area contributed by atoms with Crippen LogP contribution in [0.3, 0.4) is 0 Å². The van der Waals surface area contributed by atoms with Crippen LogP contribution in [0.1, 0.15) is 5.56 Å². The van der Waals surface area contributed by atoms with E-state index in [0.717, 1.165) is 10.5 Å². The van der Waals surface area contributed by atoms with Gasteiger partial charge in [0.15, 0.2) is 0 Å². The van der Waals surface area contributed by atoms with Crippen LogP contribution in [-0.2, 0) is 9.59 Å². The predicted octanol–water partition coefficient (Wildman–Crippen LogP) is 2.87. The van der Waals surface area contributed by atoms with Crippen molar-refractivity contribution in [3.05, 3.63) is 38.8 Å². The molecule has 0 aliphatic carbocycles. The van der Waals surface area contributed by atoms with Crippen LogP contribution in [0.25, 0.3) is 0 Å². The minimum absolute atomic E-state index is 0.262. The van der Waals surface area contributed by atoms with Gasteiger partial charge in [-0.25, -0.2) is 4.90 Å². The number of amides is 2. The summed E-state index contributed by atoms with van der Waals surface area (Å²) in [4.78, 5) is 24.7. The van der Waals surface area contributed by atoms with Crippen molar-refractivity contribution in [2.45, 2.75) is 6.92 Å². The van der Waals surface area contributed by atoms with Crippen molar-refractivity contribution in [2.24, 2.45) is 0 Å². The van der Waals surface area contributed by atoms with E-state index < -0.39 is 0 Å². The number of rotatable bonds is 1. The monoisotopic (exact) mass is 343 g/mol. The highest BCUT2D eigenvalue weighted by molar-refractivity contribution is 9.14. The molecule has 1 aromatic rings. The van der Waals surface area contributed by atoms with E-state index in [0.29, 0.717) is 5.69 Å². The fraction of sp³-hybridized carbons (Fsp3) is 0.0909. The molecule has 0 fully saturated rings. The summed E-state index contributed by atoms with van der Waals surface area (Å²) in [5.74, 6) is -0.693. The van der Waals surface area contributed by atoms with E-state index in [9.17, 15) is 9.59 Å². The van der Waals surface area contributed by atoms with Crippen molar-refractivity contribution in [2.75, 3.05) is 4.90 Å². The van der Waals surface area contributed by atoms with Gasteiger partial charge in [0.2, 0.25) is 0 Å². The number of hydrogen-bond donors (Lipinski definition) is 0. The Kier molecular flexibility index (Phi) is 2.99. The Labute approximate surface area is 109 Å². The van der Waals surface area contributed by atoms with Crippen LogP contribution in [-0.4, -0.2) is 11.8 Å². The SMILES string of the molecule is Cc1ccc(N2C(=O)C(Br)=C(Br)C2=O)cc1. The molecule has 2 rings (SSSR count). The molecule has 2 amide bonds. The summed E-state index contributed by atoms with van der Waals surface area (Å²) < 4.78 is 0.524.